The third kappa shape index (κ3) is 6.36. The standard InChI is InChI=1S/C25H33N3O5S/c1-18(2)23(25(30)26-17-19-7-5-4-6-8-19)27-24(29)20-13-15-28(16-14-20)34(31,32)22-11-9-21(33-3)10-12-22/h4-12,18,20,23H,13-17H2,1-3H3,(H,26,30)(H,27,29). The topological polar surface area (TPSA) is 105 Å². The number of nitrogens with one attached hydrogen (secondary N) is 2. The van der Waals surface area contributed by atoms with Gasteiger partial charge in [-0.1, -0.05) is 44.2 Å². The Hall–Kier alpha value is -2.91. The molecular weight excluding hydrogens is 454 g/mol. The zero-order valence-electron chi connectivity index (χ0n) is 19.9. The Balaban J connectivity index is 1.55. The Kier molecular flexibility index (Phi) is 8.68. The molecule has 184 valence electrons. The van der Waals surface area contributed by atoms with E-state index in [2.05, 4.69) is 10.6 Å². The number of amides is 2. The number of sulfonamides is 1. The molecule has 1 unspecified atom stereocenters. The van der Waals surface area contributed by atoms with Gasteiger partial charge in [-0.25, -0.2) is 8.42 Å². The molecule has 2 aromatic carbocycles. The van der Waals surface area contributed by atoms with E-state index in [0.29, 0.717) is 25.1 Å². The fourth-order valence-corrected chi connectivity index (χ4v) is 5.43. The van der Waals surface area contributed by atoms with Crippen molar-refractivity contribution >= 4 is 21.8 Å². The van der Waals surface area contributed by atoms with Crippen LogP contribution in [0.3, 0.4) is 0 Å². The van der Waals surface area contributed by atoms with Gasteiger partial charge in [-0.2, -0.15) is 4.31 Å². The fraction of sp³-hybridized carbons (Fsp3) is 0.440. The van der Waals surface area contributed by atoms with Gasteiger partial charge in [0.2, 0.25) is 21.8 Å². The maximum Gasteiger partial charge on any atom is 0.243 e. The number of hydrogen-bond donors (Lipinski definition) is 2. The molecule has 1 heterocycles. The fourth-order valence-electron chi connectivity index (χ4n) is 3.96. The summed E-state index contributed by atoms with van der Waals surface area (Å²) in [5, 5.41) is 5.78. The van der Waals surface area contributed by atoms with E-state index in [1.807, 2.05) is 44.2 Å². The normalized spacial score (nSPS) is 16.1. The Morgan fingerprint density at radius 1 is 1.03 bits per heavy atom. The Labute approximate surface area is 201 Å². The predicted octanol–water partition coefficient (Wildman–Crippen LogP) is 2.55. The van der Waals surface area contributed by atoms with Gasteiger partial charge in [-0.15, -0.1) is 0 Å². The van der Waals surface area contributed by atoms with Gasteiger partial charge in [0, 0.05) is 25.6 Å². The molecule has 0 bridgehead atoms. The smallest absolute Gasteiger partial charge is 0.243 e. The minimum absolute atomic E-state index is 0.0877. The van der Waals surface area contributed by atoms with E-state index in [1.165, 1.54) is 23.5 Å². The zero-order valence-corrected chi connectivity index (χ0v) is 20.7. The Morgan fingerprint density at radius 2 is 1.65 bits per heavy atom. The number of hydrogen-bond acceptors (Lipinski definition) is 5. The van der Waals surface area contributed by atoms with Crippen molar-refractivity contribution in [2.75, 3.05) is 20.2 Å². The Morgan fingerprint density at radius 3 is 2.21 bits per heavy atom. The summed E-state index contributed by atoms with van der Waals surface area (Å²) >= 11 is 0. The third-order valence-corrected chi connectivity index (χ3v) is 7.99. The maximum absolute atomic E-state index is 12.9. The van der Waals surface area contributed by atoms with Crippen LogP contribution in [-0.2, 0) is 26.2 Å². The van der Waals surface area contributed by atoms with Gasteiger partial charge < -0.3 is 15.4 Å². The summed E-state index contributed by atoms with van der Waals surface area (Å²) in [6.07, 6.45) is 0.801. The van der Waals surface area contributed by atoms with Gasteiger partial charge in [-0.3, -0.25) is 9.59 Å². The van der Waals surface area contributed by atoms with Gasteiger partial charge in [0.25, 0.3) is 0 Å². The van der Waals surface area contributed by atoms with Gasteiger partial charge in [-0.05, 0) is 48.6 Å². The first-order chi connectivity index (χ1) is 16.2. The van der Waals surface area contributed by atoms with Crippen LogP contribution in [0.2, 0.25) is 0 Å². The second-order valence-electron chi connectivity index (χ2n) is 8.79. The van der Waals surface area contributed by atoms with Crippen molar-refractivity contribution in [1.82, 2.24) is 14.9 Å². The first-order valence-corrected chi connectivity index (χ1v) is 12.9. The van der Waals surface area contributed by atoms with Crippen LogP contribution < -0.4 is 15.4 Å². The molecular formula is C25H33N3O5S. The molecule has 1 fully saturated rings. The second-order valence-corrected chi connectivity index (χ2v) is 10.7. The largest absolute Gasteiger partial charge is 0.497 e. The minimum Gasteiger partial charge on any atom is -0.497 e. The van der Waals surface area contributed by atoms with Crippen LogP contribution in [0.1, 0.15) is 32.3 Å². The third-order valence-electron chi connectivity index (χ3n) is 6.08. The van der Waals surface area contributed by atoms with Crippen LogP contribution in [0.25, 0.3) is 0 Å². The highest BCUT2D eigenvalue weighted by Crippen LogP contribution is 2.25. The lowest BCUT2D eigenvalue weighted by Gasteiger charge is -2.32. The van der Waals surface area contributed by atoms with Crippen molar-refractivity contribution in [1.29, 1.82) is 0 Å². The summed E-state index contributed by atoms with van der Waals surface area (Å²) in [4.78, 5) is 25.9. The van der Waals surface area contributed by atoms with Gasteiger partial charge in [0.1, 0.15) is 11.8 Å². The summed E-state index contributed by atoms with van der Waals surface area (Å²) < 4.78 is 32.4. The lowest BCUT2D eigenvalue weighted by molar-refractivity contribution is -0.132. The minimum atomic E-state index is -3.64. The second kappa shape index (κ2) is 11.5. The molecule has 1 saturated heterocycles. The molecule has 1 aliphatic heterocycles. The van der Waals surface area contributed by atoms with Gasteiger partial charge >= 0.3 is 0 Å². The molecule has 0 aromatic heterocycles. The lowest BCUT2D eigenvalue weighted by atomic mass is 9.95. The molecule has 3 rings (SSSR count). The average Bonchev–Trinajstić information content (AvgIpc) is 2.86. The molecule has 0 spiro atoms. The molecule has 8 nitrogen and oxygen atoms in total. The summed E-state index contributed by atoms with van der Waals surface area (Å²) in [5.41, 5.74) is 0.982. The first kappa shape index (κ1) is 25.7. The molecule has 9 heteroatoms. The SMILES string of the molecule is COc1ccc(S(=O)(=O)N2CCC(C(=O)NC(C(=O)NCc3ccccc3)C(C)C)CC2)cc1. The van der Waals surface area contributed by atoms with E-state index in [1.54, 1.807) is 12.1 Å². The molecule has 34 heavy (non-hydrogen) atoms. The van der Waals surface area contributed by atoms with E-state index in [0.717, 1.165) is 5.56 Å². The number of nitrogens with zero attached hydrogens (tertiary/aromatic N) is 1. The summed E-state index contributed by atoms with van der Waals surface area (Å²) in [6.45, 7) is 4.66. The highest BCUT2D eigenvalue weighted by atomic mass is 32.2. The maximum atomic E-state index is 12.9. The van der Waals surface area contributed by atoms with Crippen molar-refractivity contribution < 1.29 is 22.7 Å². The molecule has 1 atom stereocenters. The van der Waals surface area contributed by atoms with Gasteiger partial charge in [0.15, 0.2) is 0 Å². The van der Waals surface area contributed by atoms with E-state index < -0.39 is 16.1 Å². The van der Waals surface area contributed by atoms with Crippen molar-refractivity contribution in [3.05, 3.63) is 60.2 Å². The van der Waals surface area contributed by atoms with E-state index in [-0.39, 0.29) is 41.6 Å². The molecule has 2 N–H and O–H groups in total. The number of methoxy groups -OCH3 is 1. The van der Waals surface area contributed by atoms with Crippen molar-refractivity contribution in [2.24, 2.45) is 11.8 Å². The Bertz CT molecular complexity index is 1060. The predicted molar refractivity (Wildman–Crippen MR) is 130 cm³/mol. The summed E-state index contributed by atoms with van der Waals surface area (Å²) in [5.74, 6) is -0.288. The van der Waals surface area contributed by atoms with E-state index >= 15 is 0 Å². The number of benzene rings is 2. The zero-order chi connectivity index (χ0) is 24.7. The monoisotopic (exact) mass is 487 g/mol. The molecule has 2 amide bonds. The lowest BCUT2D eigenvalue weighted by Crippen LogP contribution is -2.52. The quantitative estimate of drug-likeness (QED) is 0.566. The number of piperidine rings is 1. The number of rotatable bonds is 9. The van der Waals surface area contributed by atoms with Crippen molar-refractivity contribution in [3.63, 3.8) is 0 Å². The number of ether oxygens (including phenoxy) is 1. The van der Waals surface area contributed by atoms with Crippen LogP contribution in [0.5, 0.6) is 5.75 Å². The highest BCUT2D eigenvalue weighted by Gasteiger charge is 2.34. The van der Waals surface area contributed by atoms with E-state index in [4.69, 9.17) is 4.74 Å². The first-order valence-electron chi connectivity index (χ1n) is 11.5. The number of carbonyl (C=O) groups excluding carboxylic acids is 2. The average molecular weight is 488 g/mol. The van der Waals surface area contributed by atoms with Crippen molar-refractivity contribution in [2.45, 2.75) is 44.2 Å². The number of carbonyl (C=O) groups is 2. The molecule has 0 saturated carbocycles. The summed E-state index contributed by atoms with van der Waals surface area (Å²) in [6, 6.07) is 15.2. The van der Waals surface area contributed by atoms with Crippen LogP contribution in [0.15, 0.2) is 59.5 Å². The highest BCUT2D eigenvalue weighted by molar-refractivity contribution is 7.89. The molecule has 0 radical (unpaired) electrons. The summed E-state index contributed by atoms with van der Waals surface area (Å²) in [7, 11) is -2.11. The van der Waals surface area contributed by atoms with Crippen LogP contribution in [0.4, 0.5) is 0 Å². The van der Waals surface area contributed by atoms with Crippen molar-refractivity contribution in [3.8, 4) is 5.75 Å². The van der Waals surface area contributed by atoms with E-state index in [9.17, 15) is 18.0 Å². The van der Waals surface area contributed by atoms with Gasteiger partial charge in [0.05, 0.1) is 12.0 Å². The van der Waals surface area contributed by atoms with Crippen LogP contribution >= 0.6 is 0 Å². The van der Waals surface area contributed by atoms with Crippen LogP contribution in [-0.4, -0.2) is 50.8 Å². The molecule has 0 aliphatic carbocycles. The molecule has 1 aliphatic rings. The molecule has 2 aromatic rings. The van der Waals surface area contributed by atoms with Crippen LogP contribution in [0, 0.1) is 11.8 Å².